The highest BCUT2D eigenvalue weighted by molar-refractivity contribution is 6.30. The molecular formula is C16H23ClN6O4. The number of nitrogens with one attached hydrogen (secondary N) is 3. The van der Waals surface area contributed by atoms with Crippen LogP contribution in [0.5, 0.6) is 0 Å². The van der Waals surface area contributed by atoms with E-state index in [1.807, 2.05) is 0 Å². The summed E-state index contributed by atoms with van der Waals surface area (Å²) in [5.74, 6) is -1.54. The number of imide groups is 1. The van der Waals surface area contributed by atoms with Gasteiger partial charge in [-0.1, -0.05) is 23.7 Å². The first-order chi connectivity index (χ1) is 12.8. The summed E-state index contributed by atoms with van der Waals surface area (Å²) >= 11 is 5.81. The summed E-state index contributed by atoms with van der Waals surface area (Å²) in [5, 5.41) is 11.7. The first-order valence-corrected chi connectivity index (χ1v) is 8.53. The van der Waals surface area contributed by atoms with Crippen molar-refractivity contribution < 1.29 is 19.5 Å². The minimum atomic E-state index is -1.05. The molecule has 0 fully saturated rings. The van der Waals surface area contributed by atoms with Gasteiger partial charge in [0.2, 0.25) is 5.91 Å². The number of aliphatic imine (C=N–C) groups is 1. The average Bonchev–Trinajstić information content (AvgIpc) is 2.58. The molecule has 0 saturated carbocycles. The summed E-state index contributed by atoms with van der Waals surface area (Å²) < 4.78 is 0. The van der Waals surface area contributed by atoms with Crippen molar-refractivity contribution in [1.82, 2.24) is 16.2 Å². The number of hydrazine groups is 1. The van der Waals surface area contributed by atoms with Crippen LogP contribution in [0, 0.1) is 0 Å². The van der Waals surface area contributed by atoms with Crippen LogP contribution in [0.3, 0.4) is 0 Å². The molecule has 1 atom stereocenters. The lowest BCUT2D eigenvalue weighted by Gasteiger charge is -2.18. The van der Waals surface area contributed by atoms with Gasteiger partial charge in [-0.15, -0.1) is 0 Å². The molecule has 0 aliphatic carbocycles. The highest BCUT2D eigenvalue weighted by atomic mass is 35.5. The van der Waals surface area contributed by atoms with Crippen LogP contribution in [0.1, 0.15) is 37.3 Å². The fraction of sp³-hybridized carbons (Fsp3) is 0.375. The minimum Gasteiger partial charge on any atom is -0.481 e. The Kier molecular flexibility index (Phi) is 9.62. The lowest BCUT2D eigenvalue weighted by molar-refractivity contribution is -0.137. The molecule has 0 heterocycles. The first-order valence-electron chi connectivity index (χ1n) is 8.16. The quantitative estimate of drug-likeness (QED) is 0.145. The lowest BCUT2D eigenvalue weighted by atomic mass is 10.0. The van der Waals surface area contributed by atoms with Crippen molar-refractivity contribution in [3.8, 4) is 0 Å². The molecule has 3 amide bonds. The zero-order valence-electron chi connectivity index (χ0n) is 14.6. The normalized spacial score (nSPS) is 11.3. The molecule has 0 aliphatic heterocycles. The summed E-state index contributed by atoms with van der Waals surface area (Å²) in [5.41, 5.74) is 15.9. The summed E-state index contributed by atoms with van der Waals surface area (Å²) in [4.78, 5) is 38.3. The Morgan fingerprint density at radius 2 is 1.81 bits per heavy atom. The second kappa shape index (κ2) is 11.7. The second-order valence-electron chi connectivity index (χ2n) is 5.61. The maximum atomic E-state index is 11.8. The van der Waals surface area contributed by atoms with Gasteiger partial charge in [-0.3, -0.25) is 25.3 Å². The fourth-order valence-electron chi connectivity index (χ4n) is 2.10. The lowest BCUT2D eigenvalue weighted by Crippen LogP contribution is -2.47. The Morgan fingerprint density at radius 3 is 2.41 bits per heavy atom. The van der Waals surface area contributed by atoms with Gasteiger partial charge >= 0.3 is 12.0 Å². The number of hydrogen-bond donors (Lipinski definition) is 6. The van der Waals surface area contributed by atoms with Crippen molar-refractivity contribution in [2.75, 3.05) is 6.54 Å². The average molecular weight is 399 g/mol. The molecule has 0 saturated heterocycles. The Morgan fingerprint density at radius 1 is 1.15 bits per heavy atom. The number of benzene rings is 1. The van der Waals surface area contributed by atoms with Crippen LogP contribution in [0.25, 0.3) is 0 Å². The molecule has 11 heteroatoms. The van der Waals surface area contributed by atoms with Gasteiger partial charge in [-0.25, -0.2) is 10.2 Å². The molecule has 0 bridgehead atoms. The van der Waals surface area contributed by atoms with Crippen LogP contribution in [0.2, 0.25) is 5.02 Å². The molecule has 148 valence electrons. The molecule has 1 aromatic carbocycles. The Labute approximate surface area is 161 Å². The number of nitrogens with zero attached hydrogens (tertiary/aromatic N) is 1. The van der Waals surface area contributed by atoms with Gasteiger partial charge in [0.05, 0.1) is 12.5 Å². The molecule has 0 radical (unpaired) electrons. The van der Waals surface area contributed by atoms with E-state index in [4.69, 9.17) is 28.2 Å². The maximum Gasteiger partial charge on any atom is 0.335 e. The summed E-state index contributed by atoms with van der Waals surface area (Å²) in [6.07, 6.45) is 0.960. The molecule has 1 unspecified atom stereocenters. The number of halogens is 1. The topological polar surface area (TPSA) is 172 Å². The number of carboxylic acids is 1. The number of guanidine groups is 1. The number of urea groups is 1. The van der Waals surface area contributed by atoms with Gasteiger partial charge in [-0.05, 0) is 30.5 Å². The number of hydrogen-bond acceptors (Lipinski definition) is 5. The Hall–Kier alpha value is -2.85. The van der Waals surface area contributed by atoms with Gasteiger partial charge in [-0.2, -0.15) is 0 Å². The molecule has 1 aromatic rings. The van der Waals surface area contributed by atoms with Crippen LogP contribution < -0.4 is 27.6 Å². The van der Waals surface area contributed by atoms with E-state index < -0.39 is 23.9 Å². The van der Waals surface area contributed by atoms with Crippen LogP contribution in [0.15, 0.2) is 29.3 Å². The number of rotatable bonds is 10. The predicted molar refractivity (Wildman–Crippen MR) is 101 cm³/mol. The highest BCUT2D eigenvalue weighted by Gasteiger charge is 2.17. The Balaban J connectivity index is 2.42. The molecule has 27 heavy (non-hydrogen) atoms. The van der Waals surface area contributed by atoms with E-state index >= 15 is 0 Å². The summed E-state index contributed by atoms with van der Waals surface area (Å²) in [6.45, 7) is 0.404. The Bertz CT molecular complexity index is 676. The summed E-state index contributed by atoms with van der Waals surface area (Å²) in [7, 11) is 0. The van der Waals surface area contributed by atoms with Gasteiger partial charge in [0, 0.05) is 18.0 Å². The van der Waals surface area contributed by atoms with Crippen LogP contribution in [-0.2, 0) is 9.59 Å². The highest BCUT2D eigenvalue weighted by Crippen LogP contribution is 2.18. The van der Waals surface area contributed by atoms with E-state index in [1.54, 1.807) is 24.3 Å². The first kappa shape index (κ1) is 22.2. The third kappa shape index (κ3) is 10.0. The molecule has 8 N–H and O–H groups in total. The summed E-state index contributed by atoms with van der Waals surface area (Å²) in [6, 6.07) is 5.03. The zero-order valence-corrected chi connectivity index (χ0v) is 15.3. The van der Waals surface area contributed by atoms with Gasteiger partial charge in [0.1, 0.15) is 0 Å². The number of carboxylic acid groups (broad SMARTS) is 1. The van der Waals surface area contributed by atoms with E-state index in [9.17, 15) is 14.4 Å². The monoisotopic (exact) mass is 398 g/mol. The van der Waals surface area contributed by atoms with Gasteiger partial charge in [0.25, 0.3) is 0 Å². The van der Waals surface area contributed by atoms with E-state index in [0.29, 0.717) is 30.0 Å². The number of carbonyl (C=O) groups is 3. The van der Waals surface area contributed by atoms with Crippen LogP contribution >= 0.6 is 11.6 Å². The van der Waals surface area contributed by atoms with E-state index in [0.717, 1.165) is 0 Å². The van der Waals surface area contributed by atoms with Crippen molar-refractivity contribution in [2.24, 2.45) is 16.5 Å². The van der Waals surface area contributed by atoms with Crippen molar-refractivity contribution in [3.63, 3.8) is 0 Å². The van der Waals surface area contributed by atoms with Crippen LogP contribution in [-0.4, -0.2) is 35.5 Å². The van der Waals surface area contributed by atoms with Gasteiger partial charge < -0.3 is 16.6 Å². The van der Waals surface area contributed by atoms with Gasteiger partial charge in [0.15, 0.2) is 5.96 Å². The molecule has 0 aliphatic rings. The van der Waals surface area contributed by atoms with Crippen molar-refractivity contribution in [1.29, 1.82) is 0 Å². The third-order valence-electron chi connectivity index (χ3n) is 3.37. The molecule has 0 spiro atoms. The fourth-order valence-corrected chi connectivity index (χ4v) is 2.23. The smallest absolute Gasteiger partial charge is 0.335 e. The van der Waals surface area contributed by atoms with Crippen LogP contribution in [0.4, 0.5) is 4.79 Å². The largest absolute Gasteiger partial charge is 0.481 e. The number of unbranched alkanes of at least 4 members (excludes halogenated alkanes) is 1. The van der Waals surface area contributed by atoms with E-state index in [-0.39, 0.29) is 18.8 Å². The van der Waals surface area contributed by atoms with Crippen molar-refractivity contribution >= 4 is 35.5 Å². The zero-order chi connectivity index (χ0) is 20.2. The third-order valence-corrected chi connectivity index (χ3v) is 3.62. The standard InChI is InChI=1S/C16H23ClN6O4/c17-11-6-4-10(5-7-11)12(9-14(25)26)22-23-16(27)21-13(24)3-1-2-8-20-15(18)19/h4-7,12,22H,1-3,8-9H2,(H,25,26)(H4,18,19,20)(H2,21,23,24,27). The molecule has 10 nitrogen and oxygen atoms in total. The number of carbonyl (C=O) groups excluding carboxylic acids is 2. The molecular weight excluding hydrogens is 376 g/mol. The number of amides is 3. The number of aliphatic carboxylic acids is 1. The maximum absolute atomic E-state index is 11.8. The van der Waals surface area contributed by atoms with Crippen molar-refractivity contribution in [3.05, 3.63) is 34.9 Å². The minimum absolute atomic E-state index is 0.0125. The molecule has 0 aromatic heterocycles. The van der Waals surface area contributed by atoms with Crippen molar-refractivity contribution in [2.45, 2.75) is 31.7 Å². The second-order valence-corrected chi connectivity index (χ2v) is 6.05. The molecule has 1 rings (SSSR count). The number of nitrogens with two attached hydrogens (primary N) is 2. The SMILES string of the molecule is NC(N)=NCCCCC(=O)NC(=O)NNC(CC(=O)O)c1ccc(Cl)cc1. The predicted octanol–water partition coefficient (Wildman–Crippen LogP) is 0.630. The van der Waals surface area contributed by atoms with E-state index in [1.165, 1.54) is 0 Å². The van der Waals surface area contributed by atoms with E-state index in [2.05, 4.69) is 21.2 Å².